The van der Waals surface area contributed by atoms with E-state index in [4.69, 9.17) is 5.73 Å². The van der Waals surface area contributed by atoms with Gasteiger partial charge in [0.25, 0.3) is 0 Å². The lowest BCUT2D eigenvalue weighted by molar-refractivity contribution is -0.126. The normalized spacial score (nSPS) is 12.5. The molecule has 0 spiro atoms. The molecule has 0 aliphatic heterocycles. The van der Waals surface area contributed by atoms with E-state index in [0.717, 1.165) is 6.42 Å². The number of carbonyl (C=O) groups is 1. The number of rotatable bonds is 6. The summed E-state index contributed by atoms with van der Waals surface area (Å²) in [6, 6.07) is 10.1. The zero-order valence-electron chi connectivity index (χ0n) is 10.6. The van der Waals surface area contributed by atoms with Crippen LogP contribution >= 0.6 is 0 Å². The molecular weight excluding hydrogens is 212 g/mol. The predicted molar refractivity (Wildman–Crippen MR) is 70.5 cm³/mol. The van der Waals surface area contributed by atoms with Crippen molar-refractivity contribution in [3.05, 3.63) is 35.9 Å². The summed E-state index contributed by atoms with van der Waals surface area (Å²) in [5, 5.41) is 2.87. The van der Waals surface area contributed by atoms with Crippen molar-refractivity contribution in [3.63, 3.8) is 0 Å². The van der Waals surface area contributed by atoms with E-state index in [2.05, 4.69) is 31.3 Å². The average Bonchev–Trinajstić information content (AvgIpc) is 2.34. The first-order valence-electron chi connectivity index (χ1n) is 6.17. The first kappa shape index (κ1) is 13.7. The molecule has 0 aliphatic carbocycles. The highest BCUT2D eigenvalue weighted by atomic mass is 16.1. The van der Waals surface area contributed by atoms with E-state index in [0.29, 0.717) is 19.0 Å². The van der Waals surface area contributed by atoms with E-state index in [9.17, 15) is 4.79 Å². The summed E-state index contributed by atoms with van der Waals surface area (Å²) in [5.41, 5.74) is 6.59. The summed E-state index contributed by atoms with van der Waals surface area (Å²) in [4.78, 5) is 12.0. The first-order chi connectivity index (χ1) is 8.15. The van der Waals surface area contributed by atoms with Gasteiger partial charge in [-0.1, -0.05) is 44.2 Å². The summed E-state index contributed by atoms with van der Waals surface area (Å²) < 4.78 is 0. The average molecular weight is 234 g/mol. The van der Waals surface area contributed by atoms with Gasteiger partial charge in [-0.2, -0.15) is 0 Å². The molecule has 1 atom stereocenters. The number of benzene rings is 1. The monoisotopic (exact) mass is 234 g/mol. The smallest absolute Gasteiger partial charge is 0.223 e. The van der Waals surface area contributed by atoms with Gasteiger partial charge in [0.05, 0.1) is 0 Å². The van der Waals surface area contributed by atoms with Gasteiger partial charge in [-0.05, 0) is 17.9 Å². The molecule has 0 bridgehead atoms. The van der Waals surface area contributed by atoms with Crippen molar-refractivity contribution in [3.8, 4) is 0 Å². The zero-order chi connectivity index (χ0) is 12.7. The van der Waals surface area contributed by atoms with E-state index in [1.807, 2.05) is 18.2 Å². The van der Waals surface area contributed by atoms with Gasteiger partial charge in [-0.15, -0.1) is 0 Å². The fourth-order valence-corrected chi connectivity index (χ4v) is 1.83. The summed E-state index contributed by atoms with van der Waals surface area (Å²) in [6.45, 7) is 5.20. The largest absolute Gasteiger partial charge is 0.355 e. The van der Waals surface area contributed by atoms with Crippen molar-refractivity contribution in [2.75, 3.05) is 13.1 Å². The Balaban J connectivity index is 2.63. The minimum atomic E-state index is 0.0175. The molecule has 0 heterocycles. The van der Waals surface area contributed by atoms with Gasteiger partial charge in [0.2, 0.25) is 5.91 Å². The Morgan fingerprint density at radius 2 is 1.94 bits per heavy atom. The third-order valence-electron chi connectivity index (χ3n) is 2.88. The number of amides is 1. The van der Waals surface area contributed by atoms with Crippen LogP contribution in [0.5, 0.6) is 0 Å². The van der Waals surface area contributed by atoms with Crippen LogP contribution in [0, 0.1) is 11.8 Å². The molecule has 3 N–H and O–H groups in total. The standard InChI is InChI=1S/C14H22N2O/c1-11(2)13(14(17)16-9-8-15)10-12-6-4-3-5-7-12/h3-7,11,13H,8-10,15H2,1-2H3,(H,16,17). The maximum Gasteiger partial charge on any atom is 0.223 e. The number of hydrogen-bond donors (Lipinski definition) is 2. The van der Waals surface area contributed by atoms with Crippen molar-refractivity contribution < 1.29 is 4.79 Å². The van der Waals surface area contributed by atoms with Crippen LogP contribution in [-0.2, 0) is 11.2 Å². The van der Waals surface area contributed by atoms with Gasteiger partial charge in [-0.25, -0.2) is 0 Å². The van der Waals surface area contributed by atoms with Crippen LogP contribution in [0.3, 0.4) is 0 Å². The Hall–Kier alpha value is -1.35. The third kappa shape index (κ3) is 4.57. The van der Waals surface area contributed by atoms with Crippen molar-refractivity contribution >= 4 is 5.91 Å². The fourth-order valence-electron chi connectivity index (χ4n) is 1.83. The molecule has 0 fully saturated rings. The Bertz CT molecular complexity index is 335. The summed E-state index contributed by atoms with van der Waals surface area (Å²) in [5.74, 6) is 0.450. The molecule has 1 unspecified atom stereocenters. The van der Waals surface area contributed by atoms with Crippen LogP contribution in [0.1, 0.15) is 19.4 Å². The molecule has 1 amide bonds. The molecule has 1 aromatic rings. The Kier molecular flexibility index (Phi) is 5.70. The maximum atomic E-state index is 12.0. The summed E-state index contributed by atoms with van der Waals surface area (Å²) >= 11 is 0. The number of hydrogen-bond acceptors (Lipinski definition) is 2. The number of nitrogens with two attached hydrogens (primary N) is 1. The molecule has 0 saturated carbocycles. The lowest BCUT2D eigenvalue weighted by atomic mass is 9.88. The second-order valence-corrected chi connectivity index (χ2v) is 4.62. The molecule has 1 rings (SSSR count). The van der Waals surface area contributed by atoms with E-state index >= 15 is 0 Å². The highest BCUT2D eigenvalue weighted by Crippen LogP contribution is 2.17. The van der Waals surface area contributed by atoms with Gasteiger partial charge < -0.3 is 11.1 Å². The lowest BCUT2D eigenvalue weighted by Crippen LogP contribution is -2.37. The van der Waals surface area contributed by atoms with Crippen molar-refractivity contribution in [1.82, 2.24) is 5.32 Å². The molecule has 0 saturated heterocycles. The van der Waals surface area contributed by atoms with Crippen LogP contribution in [0.15, 0.2) is 30.3 Å². The van der Waals surface area contributed by atoms with Gasteiger partial charge in [0.1, 0.15) is 0 Å². The fraction of sp³-hybridized carbons (Fsp3) is 0.500. The van der Waals surface area contributed by atoms with Crippen LogP contribution in [0.2, 0.25) is 0 Å². The number of nitrogens with one attached hydrogen (secondary N) is 1. The highest BCUT2D eigenvalue weighted by Gasteiger charge is 2.21. The molecule has 94 valence electrons. The van der Waals surface area contributed by atoms with E-state index < -0.39 is 0 Å². The van der Waals surface area contributed by atoms with Gasteiger partial charge >= 0.3 is 0 Å². The molecule has 3 heteroatoms. The maximum absolute atomic E-state index is 12.0. The topological polar surface area (TPSA) is 55.1 Å². The molecule has 0 aliphatic rings. The lowest BCUT2D eigenvalue weighted by Gasteiger charge is -2.20. The molecule has 17 heavy (non-hydrogen) atoms. The Morgan fingerprint density at radius 1 is 1.29 bits per heavy atom. The molecule has 0 aromatic heterocycles. The molecule has 3 nitrogen and oxygen atoms in total. The molecule has 1 aromatic carbocycles. The minimum Gasteiger partial charge on any atom is -0.355 e. The third-order valence-corrected chi connectivity index (χ3v) is 2.88. The molecule has 0 radical (unpaired) electrons. The Morgan fingerprint density at radius 3 is 2.47 bits per heavy atom. The summed E-state index contributed by atoms with van der Waals surface area (Å²) in [7, 11) is 0. The van der Waals surface area contributed by atoms with Crippen LogP contribution in [0.25, 0.3) is 0 Å². The summed E-state index contributed by atoms with van der Waals surface area (Å²) in [6.07, 6.45) is 0.787. The Labute approximate surface area is 103 Å². The molecular formula is C14H22N2O. The van der Waals surface area contributed by atoms with Gasteiger partial charge in [0.15, 0.2) is 0 Å². The first-order valence-corrected chi connectivity index (χ1v) is 6.17. The van der Waals surface area contributed by atoms with Crippen molar-refractivity contribution in [2.24, 2.45) is 17.6 Å². The zero-order valence-corrected chi connectivity index (χ0v) is 10.6. The van der Waals surface area contributed by atoms with E-state index in [1.54, 1.807) is 0 Å². The van der Waals surface area contributed by atoms with Crippen LogP contribution < -0.4 is 11.1 Å². The van der Waals surface area contributed by atoms with Gasteiger partial charge in [0, 0.05) is 19.0 Å². The van der Waals surface area contributed by atoms with Gasteiger partial charge in [-0.3, -0.25) is 4.79 Å². The minimum absolute atomic E-state index is 0.0175. The van der Waals surface area contributed by atoms with E-state index in [-0.39, 0.29) is 11.8 Å². The highest BCUT2D eigenvalue weighted by molar-refractivity contribution is 5.79. The van der Waals surface area contributed by atoms with Crippen LogP contribution in [0.4, 0.5) is 0 Å². The van der Waals surface area contributed by atoms with Crippen LogP contribution in [-0.4, -0.2) is 19.0 Å². The van der Waals surface area contributed by atoms with Crippen molar-refractivity contribution in [2.45, 2.75) is 20.3 Å². The SMILES string of the molecule is CC(C)C(Cc1ccccc1)C(=O)NCCN. The second-order valence-electron chi connectivity index (χ2n) is 4.62. The number of carbonyl (C=O) groups excluding carboxylic acids is 1. The quantitative estimate of drug-likeness (QED) is 0.785. The van der Waals surface area contributed by atoms with E-state index in [1.165, 1.54) is 5.56 Å². The van der Waals surface area contributed by atoms with Crippen molar-refractivity contribution in [1.29, 1.82) is 0 Å². The predicted octanol–water partition coefficient (Wildman–Crippen LogP) is 1.58. The second kappa shape index (κ2) is 7.07.